The molecule has 1 saturated carbocycles. The molecule has 1 aliphatic carbocycles. The summed E-state index contributed by atoms with van der Waals surface area (Å²) < 4.78 is 5.07. The minimum absolute atomic E-state index is 0.145. The van der Waals surface area contributed by atoms with Crippen LogP contribution >= 0.6 is 0 Å². The zero-order valence-electron chi connectivity index (χ0n) is 10.9. The van der Waals surface area contributed by atoms with Gasteiger partial charge in [-0.1, -0.05) is 12.1 Å². The standard InChI is InChI=1S/C14H17NO4/c1-8(9-3-5-10(19-2)6-4-9)15-13(16)11-7-12(11)14(17)18/h3-6,8,11-12H,7H2,1-2H3,(H,15,16)(H,17,18)/t8-,11-,12+/m1/s1. The number of benzene rings is 1. The molecule has 2 N–H and O–H groups in total. The van der Waals surface area contributed by atoms with Crippen molar-refractivity contribution in [3.05, 3.63) is 29.8 Å². The fourth-order valence-electron chi connectivity index (χ4n) is 2.05. The van der Waals surface area contributed by atoms with Crippen molar-refractivity contribution < 1.29 is 19.4 Å². The molecule has 0 radical (unpaired) electrons. The van der Waals surface area contributed by atoms with Gasteiger partial charge in [0.15, 0.2) is 0 Å². The van der Waals surface area contributed by atoms with Crippen molar-refractivity contribution in [1.82, 2.24) is 5.32 Å². The van der Waals surface area contributed by atoms with Crippen LogP contribution in [0.25, 0.3) is 0 Å². The van der Waals surface area contributed by atoms with Crippen molar-refractivity contribution in [2.75, 3.05) is 7.11 Å². The molecule has 1 amide bonds. The Hall–Kier alpha value is -2.04. The molecule has 0 bridgehead atoms. The van der Waals surface area contributed by atoms with E-state index in [-0.39, 0.29) is 17.9 Å². The van der Waals surface area contributed by atoms with Crippen molar-refractivity contribution >= 4 is 11.9 Å². The van der Waals surface area contributed by atoms with Gasteiger partial charge in [-0.15, -0.1) is 0 Å². The number of aliphatic carboxylic acids is 1. The Morgan fingerprint density at radius 1 is 1.32 bits per heavy atom. The Bertz CT molecular complexity index is 483. The second-order valence-corrected chi connectivity index (χ2v) is 4.79. The first-order valence-corrected chi connectivity index (χ1v) is 6.20. The van der Waals surface area contributed by atoms with Gasteiger partial charge in [-0.3, -0.25) is 9.59 Å². The van der Waals surface area contributed by atoms with Gasteiger partial charge in [0, 0.05) is 0 Å². The van der Waals surface area contributed by atoms with E-state index in [9.17, 15) is 9.59 Å². The molecule has 5 nitrogen and oxygen atoms in total. The van der Waals surface area contributed by atoms with Crippen molar-refractivity contribution in [3.63, 3.8) is 0 Å². The maximum absolute atomic E-state index is 11.8. The average Bonchev–Trinajstić information content (AvgIpc) is 3.19. The topological polar surface area (TPSA) is 75.6 Å². The Kier molecular flexibility index (Phi) is 3.74. The molecular formula is C14H17NO4. The zero-order valence-corrected chi connectivity index (χ0v) is 10.9. The number of methoxy groups -OCH3 is 1. The Labute approximate surface area is 111 Å². The van der Waals surface area contributed by atoms with Crippen LogP contribution in [0, 0.1) is 11.8 Å². The van der Waals surface area contributed by atoms with E-state index in [2.05, 4.69) is 5.32 Å². The molecule has 1 aromatic rings. The largest absolute Gasteiger partial charge is 0.497 e. The maximum atomic E-state index is 11.8. The lowest BCUT2D eigenvalue weighted by Crippen LogP contribution is -2.29. The predicted molar refractivity (Wildman–Crippen MR) is 68.8 cm³/mol. The molecule has 1 aromatic carbocycles. The van der Waals surface area contributed by atoms with E-state index >= 15 is 0 Å². The van der Waals surface area contributed by atoms with Gasteiger partial charge in [-0.2, -0.15) is 0 Å². The molecule has 0 saturated heterocycles. The van der Waals surface area contributed by atoms with E-state index in [1.54, 1.807) is 7.11 Å². The van der Waals surface area contributed by atoms with Crippen LogP contribution in [0.2, 0.25) is 0 Å². The van der Waals surface area contributed by atoms with Crippen LogP contribution in [0.4, 0.5) is 0 Å². The molecule has 0 heterocycles. The molecule has 1 fully saturated rings. The minimum Gasteiger partial charge on any atom is -0.497 e. The number of hydrogen-bond donors (Lipinski definition) is 2. The summed E-state index contributed by atoms with van der Waals surface area (Å²) in [5.41, 5.74) is 0.960. The average molecular weight is 263 g/mol. The summed E-state index contributed by atoms with van der Waals surface area (Å²) in [6.07, 6.45) is 0.441. The van der Waals surface area contributed by atoms with Crippen LogP contribution in [0.15, 0.2) is 24.3 Å². The number of ether oxygens (including phenoxy) is 1. The number of amides is 1. The summed E-state index contributed by atoms with van der Waals surface area (Å²) in [5.74, 6) is -1.20. The summed E-state index contributed by atoms with van der Waals surface area (Å²) in [6, 6.07) is 7.27. The van der Waals surface area contributed by atoms with Crippen LogP contribution in [-0.2, 0) is 9.59 Å². The lowest BCUT2D eigenvalue weighted by Gasteiger charge is -2.14. The molecule has 5 heteroatoms. The summed E-state index contributed by atoms with van der Waals surface area (Å²) >= 11 is 0. The Morgan fingerprint density at radius 2 is 1.95 bits per heavy atom. The first-order valence-electron chi connectivity index (χ1n) is 6.20. The molecule has 19 heavy (non-hydrogen) atoms. The van der Waals surface area contributed by atoms with Crippen LogP contribution in [0.3, 0.4) is 0 Å². The second kappa shape index (κ2) is 5.30. The van der Waals surface area contributed by atoms with Gasteiger partial charge in [0.25, 0.3) is 0 Å². The number of carboxylic acids is 1. The first kappa shape index (κ1) is 13.4. The van der Waals surface area contributed by atoms with Crippen LogP contribution in [-0.4, -0.2) is 24.1 Å². The fraction of sp³-hybridized carbons (Fsp3) is 0.429. The van der Waals surface area contributed by atoms with Crippen LogP contribution in [0.5, 0.6) is 5.75 Å². The summed E-state index contributed by atoms with van der Waals surface area (Å²) in [5, 5.41) is 11.6. The van der Waals surface area contributed by atoms with E-state index in [0.29, 0.717) is 6.42 Å². The van der Waals surface area contributed by atoms with Crippen molar-refractivity contribution in [2.24, 2.45) is 11.8 Å². The van der Waals surface area contributed by atoms with Crippen LogP contribution < -0.4 is 10.1 Å². The minimum atomic E-state index is -0.891. The molecule has 0 aromatic heterocycles. The predicted octanol–water partition coefficient (Wildman–Crippen LogP) is 1.59. The molecule has 0 spiro atoms. The van der Waals surface area contributed by atoms with Gasteiger partial charge in [-0.05, 0) is 31.0 Å². The van der Waals surface area contributed by atoms with Crippen molar-refractivity contribution in [3.8, 4) is 5.75 Å². The summed E-state index contributed by atoms with van der Waals surface area (Å²) in [4.78, 5) is 22.5. The summed E-state index contributed by atoms with van der Waals surface area (Å²) in [7, 11) is 1.60. The highest BCUT2D eigenvalue weighted by Gasteiger charge is 2.48. The first-order chi connectivity index (χ1) is 9.02. The number of hydrogen-bond acceptors (Lipinski definition) is 3. The van der Waals surface area contributed by atoms with Gasteiger partial charge >= 0.3 is 5.97 Å². The number of nitrogens with one attached hydrogen (secondary N) is 1. The monoisotopic (exact) mass is 263 g/mol. The highest BCUT2D eigenvalue weighted by Crippen LogP contribution is 2.39. The van der Waals surface area contributed by atoms with Gasteiger partial charge in [-0.25, -0.2) is 0 Å². The molecule has 3 atom stereocenters. The van der Waals surface area contributed by atoms with Crippen LogP contribution in [0.1, 0.15) is 24.9 Å². The van der Waals surface area contributed by atoms with Gasteiger partial charge in [0.05, 0.1) is 25.0 Å². The SMILES string of the molecule is COc1ccc([C@@H](C)NC(=O)[C@@H]2C[C@@H]2C(=O)O)cc1. The number of carboxylic acid groups (broad SMARTS) is 1. The number of rotatable bonds is 5. The maximum Gasteiger partial charge on any atom is 0.307 e. The van der Waals surface area contributed by atoms with E-state index in [0.717, 1.165) is 11.3 Å². The van der Waals surface area contributed by atoms with E-state index in [1.165, 1.54) is 0 Å². The highest BCUT2D eigenvalue weighted by atomic mass is 16.5. The number of carbonyl (C=O) groups is 2. The van der Waals surface area contributed by atoms with E-state index in [4.69, 9.17) is 9.84 Å². The Balaban J connectivity index is 1.91. The zero-order chi connectivity index (χ0) is 14.0. The van der Waals surface area contributed by atoms with Crippen molar-refractivity contribution in [2.45, 2.75) is 19.4 Å². The lowest BCUT2D eigenvalue weighted by atomic mass is 10.1. The molecule has 0 unspecified atom stereocenters. The quantitative estimate of drug-likeness (QED) is 0.846. The van der Waals surface area contributed by atoms with Gasteiger partial charge in [0.1, 0.15) is 5.75 Å². The Morgan fingerprint density at radius 3 is 2.42 bits per heavy atom. The van der Waals surface area contributed by atoms with E-state index < -0.39 is 11.9 Å². The third kappa shape index (κ3) is 3.05. The smallest absolute Gasteiger partial charge is 0.307 e. The highest BCUT2D eigenvalue weighted by molar-refractivity contribution is 5.89. The molecule has 0 aliphatic heterocycles. The fourth-order valence-corrected chi connectivity index (χ4v) is 2.05. The van der Waals surface area contributed by atoms with Crippen molar-refractivity contribution in [1.29, 1.82) is 0 Å². The third-order valence-corrected chi connectivity index (χ3v) is 3.42. The third-order valence-electron chi connectivity index (χ3n) is 3.42. The molecule has 1 aliphatic rings. The molecule has 102 valence electrons. The number of carbonyl (C=O) groups excluding carboxylic acids is 1. The second-order valence-electron chi connectivity index (χ2n) is 4.79. The summed E-state index contributed by atoms with van der Waals surface area (Å²) in [6.45, 7) is 1.87. The van der Waals surface area contributed by atoms with Gasteiger partial charge in [0.2, 0.25) is 5.91 Å². The van der Waals surface area contributed by atoms with E-state index in [1.807, 2.05) is 31.2 Å². The molecular weight excluding hydrogens is 246 g/mol. The van der Waals surface area contributed by atoms with Gasteiger partial charge < -0.3 is 15.2 Å². The normalized spacial score (nSPS) is 22.4. The lowest BCUT2D eigenvalue weighted by molar-refractivity contribution is -0.140. The molecule has 2 rings (SSSR count).